The number of aromatic amines is 1. The lowest BCUT2D eigenvalue weighted by Crippen LogP contribution is -2.51. The number of carbonyl (C=O) groups is 1. The van der Waals surface area contributed by atoms with E-state index in [4.69, 9.17) is 9.84 Å². The number of carboxylic acid groups (broad SMARTS) is 1. The maximum atomic E-state index is 13.4. The van der Waals surface area contributed by atoms with Crippen LogP contribution in [-0.4, -0.2) is 30.2 Å². The summed E-state index contributed by atoms with van der Waals surface area (Å²) in [4.78, 5) is 48.3. The van der Waals surface area contributed by atoms with Crippen molar-refractivity contribution < 1.29 is 19.0 Å². The second-order valence-corrected chi connectivity index (χ2v) is 8.45. The Morgan fingerprint density at radius 2 is 1.81 bits per heavy atom. The van der Waals surface area contributed by atoms with Crippen LogP contribution in [0.3, 0.4) is 0 Å². The van der Waals surface area contributed by atoms with Crippen molar-refractivity contribution >= 4 is 11.7 Å². The number of halogens is 1. The van der Waals surface area contributed by atoms with Crippen molar-refractivity contribution in [2.24, 2.45) is 4.99 Å². The van der Waals surface area contributed by atoms with Crippen LogP contribution in [0.5, 0.6) is 11.6 Å². The number of aliphatic carboxylic acids is 1. The number of aryl methyl sites for hydroxylation is 1. The molecule has 2 aromatic heterocycles. The molecule has 0 spiro atoms. The molecular weight excluding hydrogens is 481 g/mol. The Balaban J connectivity index is 1.74. The molecule has 0 amide bonds. The summed E-state index contributed by atoms with van der Waals surface area (Å²) in [5.74, 6) is -0.966. The quantitative estimate of drug-likeness (QED) is 0.378. The molecule has 0 radical (unpaired) electrons. The van der Waals surface area contributed by atoms with E-state index in [0.717, 1.165) is 21.9 Å². The van der Waals surface area contributed by atoms with Crippen molar-refractivity contribution in [2.45, 2.75) is 32.9 Å². The first-order valence-corrected chi connectivity index (χ1v) is 11.4. The maximum absolute atomic E-state index is 13.4. The second-order valence-electron chi connectivity index (χ2n) is 8.45. The molecule has 0 bridgehead atoms. The number of benzene rings is 2. The van der Waals surface area contributed by atoms with Crippen LogP contribution in [0, 0.1) is 12.7 Å². The van der Waals surface area contributed by atoms with Gasteiger partial charge >= 0.3 is 17.3 Å². The fourth-order valence-corrected chi connectivity index (χ4v) is 3.62. The molecule has 2 N–H and O–H groups in total. The molecule has 0 aliphatic heterocycles. The van der Waals surface area contributed by atoms with Gasteiger partial charge in [-0.15, -0.1) is 0 Å². The Morgan fingerprint density at radius 3 is 2.43 bits per heavy atom. The first kappa shape index (κ1) is 25.3. The number of H-pyrrole nitrogens is 1. The zero-order valence-electron chi connectivity index (χ0n) is 20.1. The topological polar surface area (TPSA) is 132 Å². The van der Waals surface area contributed by atoms with Crippen molar-refractivity contribution in [1.29, 1.82) is 0 Å². The average molecular weight is 506 g/mol. The number of carboxylic acids is 1. The minimum Gasteiger partial charge on any atom is -0.481 e. The lowest BCUT2D eigenvalue weighted by molar-refractivity contribution is -0.137. The van der Waals surface area contributed by atoms with Gasteiger partial charge in [0, 0.05) is 6.07 Å². The van der Waals surface area contributed by atoms with E-state index in [9.17, 15) is 18.8 Å². The largest absolute Gasteiger partial charge is 0.481 e. The van der Waals surface area contributed by atoms with E-state index in [0.29, 0.717) is 11.4 Å². The summed E-state index contributed by atoms with van der Waals surface area (Å²) in [5.41, 5.74) is 0.820. The Hall–Kier alpha value is -4.80. The summed E-state index contributed by atoms with van der Waals surface area (Å²) < 4.78 is 20.8. The van der Waals surface area contributed by atoms with Gasteiger partial charge < -0.3 is 9.84 Å². The van der Waals surface area contributed by atoms with E-state index in [1.807, 2.05) is 31.2 Å². The molecular formula is C26H24FN5O5. The van der Waals surface area contributed by atoms with Gasteiger partial charge in [0.1, 0.15) is 11.6 Å². The lowest BCUT2D eigenvalue weighted by Gasteiger charge is -2.15. The summed E-state index contributed by atoms with van der Waals surface area (Å²) in [5, 5.41) is 9.15. The molecule has 4 rings (SSSR count). The van der Waals surface area contributed by atoms with E-state index in [1.54, 1.807) is 24.3 Å². The van der Waals surface area contributed by atoms with E-state index >= 15 is 0 Å². The number of ether oxygens (including phenoxy) is 1. The number of aromatic nitrogens is 4. The zero-order chi connectivity index (χ0) is 26.5. The highest BCUT2D eigenvalue weighted by Gasteiger charge is 2.17. The van der Waals surface area contributed by atoms with Gasteiger partial charge in [0.2, 0.25) is 11.5 Å². The van der Waals surface area contributed by atoms with Crippen LogP contribution in [-0.2, 0) is 11.3 Å². The minimum absolute atomic E-state index is 0.00298. The van der Waals surface area contributed by atoms with Gasteiger partial charge in [-0.2, -0.15) is 0 Å². The number of nitrogens with one attached hydrogen (secondary N) is 1. The number of hydrogen-bond acceptors (Lipinski definition) is 6. The predicted molar refractivity (Wildman–Crippen MR) is 132 cm³/mol. The Kier molecular flexibility index (Phi) is 7.42. The van der Waals surface area contributed by atoms with Crippen molar-refractivity contribution in [2.75, 3.05) is 0 Å². The molecule has 4 aromatic rings. The lowest BCUT2D eigenvalue weighted by atomic mass is 10.1. The van der Waals surface area contributed by atoms with Gasteiger partial charge in [0.15, 0.2) is 0 Å². The number of hydrogen-bond donors (Lipinski definition) is 2. The van der Waals surface area contributed by atoms with Crippen LogP contribution in [0.25, 0.3) is 0 Å². The third-order valence-corrected chi connectivity index (χ3v) is 5.50. The summed E-state index contributed by atoms with van der Waals surface area (Å²) >= 11 is 0. The molecule has 11 heteroatoms. The van der Waals surface area contributed by atoms with Crippen LogP contribution in [0.1, 0.15) is 30.5 Å². The summed E-state index contributed by atoms with van der Waals surface area (Å²) in [7, 11) is 0. The summed E-state index contributed by atoms with van der Waals surface area (Å²) in [6.45, 7) is 3.54. The molecule has 37 heavy (non-hydrogen) atoms. The van der Waals surface area contributed by atoms with Gasteiger partial charge in [0.25, 0.3) is 0 Å². The molecule has 0 saturated heterocycles. The molecule has 0 aliphatic rings. The van der Waals surface area contributed by atoms with Crippen LogP contribution >= 0.6 is 0 Å². The average Bonchev–Trinajstić information content (AvgIpc) is 2.85. The third kappa shape index (κ3) is 6.26. The number of pyridine rings is 1. The monoisotopic (exact) mass is 505 g/mol. The standard InChI is InChI=1S/C26H24FN5O5/c1-16-3-5-18(6-4-16)15-31-24(30-25(35)32(26(31)36)17(2)13-23(33)34)29-20-8-10-21(11-9-20)37-22-12-7-19(27)14-28-22/h3-12,14,17H,13,15H2,1-2H3,(H,33,34)(H,29,30,35)/t17-/m1/s1. The van der Waals surface area contributed by atoms with Crippen LogP contribution in [0.2, 0.25) is 0 Å². The molecule has 10 nitrogen and oxygen atoms in total. The molecule has 0 unspecified atom stereocenters. The van der Waals surface area contributed by atoms with E-state index in [2.05, 4.69) is 15.0 Å². The number of nitrogens with zero attached hydrogens (tertiary/aromatic N) is 4. The Morgan fingerprint density at radius 1 is 1.11 bits per heavy atom. The SMILES string of the molecule is Cc1ccc(Cn2c(=O)n([C@H](C)CC(=O)O)c(=O)[nH]/c2=N\c2ccc(Oc3ccc(F)cn3)cc2)cc1. The molecule has 0 fully saturated rings. The van der Waals surface area contributed by atoms with Gasteiger partial charge in [-0.25, -0.2) is 28.5 Å². The van der Waals surface area contributed by atoms with Crippen LogP contribution in [0.15, 0.2) is 81.4 Å². The smallest absolute Gasteiger partial charge is 0.335 e. The fraction of sp³-hybridized carbons (Fsp3) is 0.192. The van der Waals surface area contributed by atoms with Crippen molar-refractivity contribution in [3.8, 4) is 11.6 Å². The second kappa shape index (κ2) is 10.9. The molecule has 0 saturated carbocycles. The van der Waals surface area contributed by atoms with E-state index < -0.39 is 35.6 Å². The van der Waals surface area contributed by atoms with Crippen molar-refractivity contribution in [1.82, 2.24) is 19.1 Å². The van der Waals surface area contributed by atoms with E-state index in [-0.39, 0.29) is 18.0 Å². The third-order valence-electron chi connectivity index (χ3n) is 5.50. The Labute approximate surface area is 210 Å². The molecule has 190 valence electrons. The summed E-state index contributed by atoms with van der Waals surface area (Å²) in [6, 6.07) is 15.7. The first-order chi connectivity index (χ1) is 17.7. The highest BCUT2D eigenvalue weighted by molar-refractivity contribution is 5.67. The van der Waals surface area contributed by atoms with Gasteiger partial charge in [0.05, 0.1) is 30.9 Å². The number of rotatable bonds is 8. The van der Waals surface area contributed by atoms with Crippen molar-refractivity contribution in [3.05, 3.63) is 110 Å². The van der Waals surface area contributed by atoms with Crippen LogP contribution in [0.4, 0.5) is 10.1 Å². The highest BCUT2D eigenvalue weighted by Crippen LogP contribution is 2.22. The fourth-order valence-electron chi connectivity index (χ4n) is 3.62. The van der Waals surface area contributed by atoms with E-state index in [1.165, 1.54) is 23.6 Å². The van der Waals surface area contributed by atoms with Gasteiger partial charge in [-0.1, -0.05) is 29.8 Å². The molecule has 1 atom stereocenters. The van der Waals surface area contributed by atoms with Gasteiger partial charge in [-0.05, 0) is 49.7 Å². The van der Waals surface area contributed by atoms with Gasteiger partial charge in [-0.3, -0.25) is 14.3 Å². The Bertz CT molecular complexity index is 1590. The summed E-state index contributed by atoms with van der Waals surface area (Å²) in [6.07, 6.45) is 0.649. The zero-order valence-corrected chi connectivity index (χ0v) is 20.1. The first-order valence-electron chi connectivity index (χ1n) is 11.4. The van der Waals surface area contributed by atoms with Crippen molar-refractivity contribution in [3.63, 3.8) is 0 Å². The highest BCUT2D eigenvalue weighted by atomic mass is 19.1. The normalized spacial score (nSPS) is 12.4. The molecule has 0 aliphatic carbocycles. The van der Waals surface area contributed by atoms with Crippen LogP contribution < -0.4 is 21.7 Å². The maximum Gasteiger partial charge on any atom is 0.335 e. The molecule has 2 heterocycles. The molecule has 2 aromatic carbocycles. The predicted octanol–water partition coefficient (Wildman–Crippen LogP) is 3.29. The minimum atomic E-state index is -1.13.